The van der Waals surface area contributed by atoms with E-state index in [1.54, 1.807) is 30.3 Å². The highest BCUT2D eigenvalue weighted by molar-refractivity contribution is 5.99. The van der Waals surface area contributed by atoms with E-state index < -0.39 is 0 Å². The van der Waals surface area contributed by atoms with Crippen LogP contribution >= 0.6 is 0 Å². The van der Waals surface area contributed by atoms with E-state index in [9.17, 15) is 14.0 Å². The molecule has 142 valence electrons. The molecule has 4 heteroatoms. The fourth-order valence-electron chi connectivity index (χ4n) is 3.62. The third-order valence-electron chi connectivity index (χ3n) is 5.11. The Hall–Kier alpha value is -3.71. The summed E-state index contributed by atoms with van der Waals surface area (Å²) in [5.74, 6) is -0.637. The number of para-hydroxylation sites is 1. The van der Waals surface area contributed by atoms with Crippen molar-refractivity contribution in [2.75, 3.05) is 0 Å². The Morgan fingerprint density at radius 2 is 1.76 bits per heavy atom. The summed E-state index contributed by atoms with van der Waals surface area (Å²) in [6.07, 6.45) is 1.78. The number of allylic oxidation sites excluding steroid dienone is 1. The van der Waals surface area contributed by atoms with Crippen molar-refractivity contribution in [3.05, 3.63) is 107 Å². The number of hydrogen-bond donors (Lipinski definition) is 0. The van der Waals surface area contributed by atoms with Crippen molar-refractivity contribution in [1.82, 2.24) is 4.57 Å². The van der Waals surface area contributed by atoms with Crippen molar-refractivity contribution in [2.45, 2.75) is 13.5 Å². The normalized spacial score (nSPS) is 11.6. The Bertz CT molecular complexity index is 1280. The van der Waals surface area contributed by atoms with Gasteiger partial charge in [-0.15, -0.1) is 0 Å². The van der Waals surface area contributed by atoms with Gasteiger partial charge in [0.05, 0.1) is 18.2 Å². The van der Waals surface area contributed by atoms with E-state index in [0.29, 0.717) is 23.2 Å². The minimum absolute atomic E-state index is 0.251. The van der Waals surface area contributed by atoms with E-state index in [4.69, 9.17) is 0 Å². The summed E-state index contributed by atoms with van der Waals surface area (Å²) in [5.41, 5.74) is 4.24. The second kappa shape index (κ2) is 7.73. The molecule has 0 amide bonds. The molecule has 0 atom stereocenters. The van der Waals surface area contributed by atoms with Crippen LogP contribution in [-0.4, -0.2) is 4.57 Å². The Balaban J connectivity index is 1.89. The van der Waals surface area contributed by atoms with Crippen LogP contribution in [0.25, 0.3) is 22.6 Å². The number of nitrogens with zero attached hydrogens (tertiary/aromatic N) is 2. The van der Waals surface area contributed by atoms with Gasteiger partial charge >= 0.3 is 0 Å². The summed E-state index contributed by atoms with van der Waals surface area (Å²) in [7, 11) is 0. The van der Waals surface area contributed by atoms with Crippen molar-refractivity contribution in [3.63, 3.8) is 0 Å². The monoisotopic (exact) mass is 384 g/mol. The molecule has 4 rings (SSSR count). The van der Waals surface area contributed by atoms with Gasteiger partial charge in [0.1, 0.15) is 11.6 Å². The first-order chi connectivity index (χ1) is 14.1. The second-order valence-corrected chi connectivity index (χ2v) is 6.87. The van der Waals surface area contributed by atoms with Crippen LogP contribution in [-0.2, 0) is 6.54 Å². The smallest absolute Gasteiger partial charge is 0.128 e. The third kappa shape index (κ3) is 3.55. The molecule has 3 aromatic carbocycles. The van der Waals surface area contributed by atoms with E-state index in [-0.39, 0.29) is 11.6 Å². The first kappa shape index (κ1) is 18.6. The molecule has 1 heterocycles. The van der Waals surface area contributed by atoms with Gasteiger partial charge in [-0.3, -0.25) is 0 Å². The van der Waals surface area contributed by atoms with Crippen LogP contribution in [0.3, 0.4) is 0 Å². The maximum atomic E-state index is 14.2. The Kier molecular flexibility index (Phi) is 4.97. The third-order valence-corrected chi connectivity index (χ3v) is 5.11. The van der Waals surface area contributed by atoms with Gasteiger partial charge in [0, 0.05) is 27.7 Å². The number of halogens is 2. The first-order valence-corrected chi connectivity index (χ1v) is 9.27. The van der Waals surface area contributed by atoms with E-state index in [2.05, 4.69) is 6.07 Å². The predicted octanol–water partition coefficient (Wildman–Crippen LogP) is 6.34. The molecule has 0 unspecified atom stereocenters. The topological polar surface area (TPSA) is 28.7 Å². The number of fused-ring (bicyclic) bond motifs is 1. The van der Waals surface area contributed by atoms with Gasteiger partial charge in [0.2, 0.25) is 0 Å². The number of aromatic nitrogens is 1. The first-order valence-electron chi connectivity index (χ1n) is 9.27. The van der Waals surface area contributed by atoms with Crippen molar-refractivity contribution in [2.24, 2.45) is 0 Å². The molecule has 0 fully saturated rings. The molecule has 0 spiro atoms. The molecule has 0 radical (unpaired) electrons. The van der Waals surface area contributed by atoms with Gasteiger partial charge in [-0.2, -0.15) is 5.26 Å². The fraction of sp³-hybridized carbons (Fsp3) is 0.0800. The van der Waals surface area contributed by atoms with Crippen LogP contribution in [0, 0.1) is 29.9 Å². The summed E-state index contributed by atoms with van der Waals surface area (Å²) in [4.78, 5) is 0. The molecule has 0 N–H and O–H groups in total. The molecule has 0 bridgehead atoms. The Morgan fingerprint density at radius 1 is 1.00 bits per heavy atom. The predicted molar refractivity (Wildman–Crippen MR) is 112 cm³/mol. The van der Waals surface area contributed by atoms with Gasteiger partial charge in [-0.25, -0.2) is 8.78 Å². The van der Waals surface area contributed by atoms with E-state index >= 15 is 0 Å². The zero-order valence-electron chi connectivity index (χ0n) is 15.9. The van der Waals surface area contributed by atoms with Crippen LogP contribution in [0.2, 0.25) is 0 Å². The number of nitriles is 1. The number of rotatable bonds is 4. The zero-order chi connectivity index (χ0) is 20.4. The van der Waals surface area contributed by atoms with Crippen molar-refractivity contribution >= 4 is 22.6 Å². The van der Waals surface area contributed by atoms with Crippen LogP contribution < -0.4 is 0 Å². The van der Waals surface area contributed by atoms with Gasteiger partial charge in [0.25, 0.3) is 0 Å². The highest BCUT2D eigenvalue weighted by Gasteiger charge is 2.15. The molecule has 0 saturated heterocycles. The summed E-state index contributed by atoms with van der Waals surface area (Å²) in [5, 5.41) is 10.6. The lowest BCUT2D eigenvalue weighted by atomic mass is 10.0. The van der Waals surface area contributed by atoms with Gasteiger partial charge in [-0.1, -0.05) is 48.5 Å². The lowest BCUT2D eigenvalue weighted by molar-refractivity contribution is 0.600. The molecule has 4 aromatic rings. The fourth-order valence-corrected chi connectivity index (χ4v) is 3.62. The molecule has 0 saturated carbocycles. The van der Waals surface area contributed by atoms with Crippen LogP contribution in [0.5, 0.6) is 0 Å². The minimum Gasteiger partial charge on any atom is -0.340 e. The highest BCUT2D eigenvalue weighted by Crippen LogP contribution is 2.30. The highest BCUT2D eigenvalue weighted by atomic mass is 19.1. The Labute approximate surface area is 168 Å². The standard InChI is InChI=1S/C25H18F2N2/c1-17-23(14-20(15-28)18-8-6-9-21(26)13-18)22-10-3-5-12-25(22)29(17)16-19-7-2-4-11-24(19)27/h2-14H,16H2,1H3/b20-14-. The summed E-state index contributed by atoms with van der Waals surface area (Å²) in [6.45, 7) is 2.34. The minimum atomic E-state index is -0.387. The molecule has 0 aliphatic rings. The Morgan fingerprint density at radius 3 is 2.52 bits per heavy atom. The number of benzene rings is 3. The van der Waals surface area contributed by atoms with E-state index in [1.807, 2.05) is 41.8 Å². The average Bonchev–Trinajstić information content (AvgIpc) is 2.99. The maximum Gasteiger partial charge on any atom is 0.128 e. The summed E-state index contributed by atoms with van der Waals surface area (Å²) >= 11 is 0. The SMILES string of the molecule is Cc1c(/C=C(/C#N)c2cccc(F)c2)c2ccccc2n1Cc1ccccc1F. The lowest BCUT2D eigenvalue weighted by Crippen LogP contribution is -2.03. The molecule has 1 aromatic heterocycles. The van der Waals surface area contributed by atoms with Crippen LogP contribution in [0.15, 0.2) is 72.8 Å². The van der Waals surface area contributed by atoms with Gasteiger partial charge < -0.3 is 4.57 Å². The molecule has 0 aliphatic heterocycles. The maximum absolute atomic E-state index is 14.2. The van der Waals surface area contributed by atoms with Crippen molar-refractivity contribution in [3.8, 4) is 6.07 Å². The lowest BCUT2D eigenvalue weighted by Gasteiger charge is -2.09. The van der Waals surface area contributed by atoms with Crippen molar-refractivity contribution in [1.29, 1.82) is 5.26 Å². The van der Waals surface area contributed by atoms with Crippen LogP contribution in [0.4, 0.5) is 8.78 Å². The molecular weight excluding hydrogens is 366 g/mol. The number of hydrogen-bond acceptors (Lipinski definition) is 1. The van der Waals surface area contributed by atoms with Gasteiger partial charge in [-0.05, 0) is 42.8 Å². The summed E-state index contributed by atoms with van der Waals surface area (Å²) < 4.78 is 29.9. The van der Waals surface area contributed by atoms with Gasteiger partial charge in [0.15, 0.2) is 0 Å². The molecular formula is C25H18F2N2. The molecule has 2 nitrogen and oxygen atoms in total. The molecule has 0 aliphatic carbocycles. The van der Waals surface area contributed by atoms with Crippen molar-refractivity contribution < 1.29 is 8.78 Å². The quantitative estimate of drug-likeness (QED) is 0.377. The zero-order valence-corrected chi connectivity index (χ0v) is 15.9. The molecule has 29 heavy (non-hydrogen) atoms. The summed E-state index contributed by atoms with van der Waals surface area (Å²) in [6, 6.07) is 22.7. The van der Waals surface area contributed by atoms with E-state index in [0.717, 1.165) is 22.2 Å². The second-order valence-electron chi connectivity index (χ2n) is 6.87. The largest absolute Gasteiger partial charge is 0.340 e. The average molecular weight is 384 g/mol. The van der Waals surface area contributed by atoms with E-state index in [1.165, 1.54) is 18.2 Å². The van der Waals surface area contributed by atoms with Crippen LogP contribution in [0.1, 0.15) is 22.4 Å².